The van der Waals surface area contributed by atoms with Crippen molar-refractivity contribution in [3.05, 3.63) is 0 Å². The number of hydrogen-bond donors (Lipinski definition) is 7. The molecule has 1 saturated heterocycles. The van der Waals surface area contributed by atoms with Crippen molar-refractivity contribution in [3.8, 4) is 0 Å². The van der Waals surface area contributed by atoms with Crippen LogP contribution < -0.4 is 26.6 Å². The molecule has 0 aromatic heterocycles. The molecule has 5 amide bonds. The van der Waals surface area contributed by atoms with Crippen molar-refractivity contribution < 1.29 is 43.7 Å². The maximum Gasteiger partial charge on any atom is 0.329 e. The Balaban J connectivity index is 3.20. The highest BCUT2D eigenvalue weighted by molar-refractivity contribution is 5.96. The van der Waals surface area contributed by atoms with Gasteiger partial charge in [-0.15, -0.1) is 0 Å². The van der Waals surface area contributed by atoms with Crippen molar-refractivity contribution in [2.24, 2.45) is 11.8 Å². The SMILES string of the molecule is CCCCCCCCCCCC(=O)NC1C(=O)NC(CO)C(=O)NC(CO)C(=O)NC(C(C)C)C(=O)NC(C(C)C)C(=O)OC1C. The van der Waals surface area contributed by atoms with Gasteiger partial charge in [0.05, 0.1) is 13.2 Å². The van der Waals surface area contributed by atoms with Crippen LogP contribution in [0, 0.1) is 11.8 Å². The molecule has 1 aliphatic rings. The molecule has 0 radical (unpaired) electrons. The lowest BCUT2D eigenvalue weighted by molar-refractivity contribution is -0.157. The van der Waals surface area contributed by atoms with E-state index in [0.717, 1.165) is 25.7 Å². The second-order valence-corrected chi connectivity index (χ2v) is 12.7. The van der Waals surface area contributed by atoms with E-state index in [2.05, 4.69) is 33.5 Å². The van der Waals surface area contributed by atoms with Crippen LogP contribution in [0.4, 0.5) is 0 Å². The van der Waals surface area contributed by atoms with E-state index in [4.69, 9.17) is 4.74 Å². The Labute approximate surface area is 272 Å². The van der Waals surface area contributed by atoms with E-state index in [1.165, 1.54) is 32.6 Å². The third-order valence-corrected chi connectivity index (χ3v) is 7.97. The van der Waals surface area contributed by atoms with Crippen molar-refractivity contribution in [1.29, 1.82) is 0 Å². The van der Waals surface area contributed by atoms with Gasteiger partial charge in [-0.1, -0.05) is 86.0 Å². The van der Waals surface area contributed by atoms with E-state index >= 15 is 0 Å². The minimum absolute atomic E-state index is 0.124. The summed E-state index contributed by atoms with van der Waals surface area (Å²) in [6.07, 6.45) is 8.38. The highest BCUT2D eigenvalue weighted by atomic mass is 16.5. The molecule has 14 nitrogen and oxygen atoms in total. The molecule has 1 fully saturated rings. The summed E-state index contributed by atoms with van der Waals surface area (Å²) in [5, 5.41) is 32.0. The van der Waals surface area contributed by atoms with E-state index < -0.39 is 96.9 Å². The van der Waals surface area contributed by atoms with Gasteiger partial charge in [0, 0.05) is 6.42 Å². The minimum atomic E-state index is -1.57. The van der Waals surface area contributed by atoms with Crippen LogP contribution in [0.2, 0.25) is 0 Å². The first-order chi connectivity index (χ1) is 21.8. The lowest BCUT2D eigenvalue weighted by Gasteiger charge is -2.31. The average Bonchev–Trinajstić information content (AvgIpc) is 3.00. The monoisotopic (exact) mass is 655 g/mol. The third kappa shape index (κ3) is 14.0. The van der Waals surface area contributed by atoms with Crippen LogP contribution in [0.5, 0.6) is 0 Å². The van der Waals surface area contributed by atoms with Gasteiger partial charge in [-0.05, 0) is 25.2 Å². The summed E-state index contributed by atoms with van der Waals surface area (Å²) in [7, 11) is 0. The quantitative estimate of drug-likeness (QED) is 0.0969. The number of unbranched alkanes of at least 4 members (excludes halogenated alkanes) is 8. The molecule has 6 unspecified atom stereocenters. The van der Waals surface area contributed by atoms with E-state index in [1.807, 2.05) is 0 Å². The molecular formula is C32H57N5O9. The van der Waals surface area contributed by atoms with Crippen molar-refractivity contribution >= 4 is 35.5 Å². The van der Waals surface area contributed by atoms with Crippen molar-refractivity contribution in [3.63, 3.8) is 0 Å². The zero-order chi connectivity index (χ0) is 34.8. The molecule has 0 bridgehead atoms. The predicted molar refractivity (Wildman–Crippen MR) is 171 cm³/mol. The summed E-state index contributed by atoms with van der Waals surface area (Å²) in [5.41, 5.74) is 0. The van der Waals surface area contributed by atoms with Crippen LogP contribution in [-0.2, 0) is 33.5 Å². The van der Waals surface area contributed by atoms with E-state index in [0.29, 0.717) is 6.42 Å². The number of aliphatic hydroxyl groups excluding tert-OH is 2. The Morgan fingerprint density at radius 3 is 1.65 bits per heavy atom. The fraction of sp³-hybridized carbons (Fsp3) is 0.812. The summed E-state index contributed by atoms with van der Waals surface area (Å²) in [5.74, 6) is -5.73. The normalized spacial score (nSPS) is 25.4. The summed E-state index contributed by atoms with van der Waals surface area (Å²) >= 11 is 0. The summed E-state index contributed by atoms with van der Waals surface area (Å²) < 4.78 is 5.59. The first-order valence-electron chi connectivity index (χ1n) is 16.7. The maximum absolute atomic E-state index is 13.4. The van der Waals surface area contributed by atoms with Gasteiger partial charge in [0.1, 0.15) is 36.3 Å². The molecule has 14 heteroatoms. The van der Waals surface area contributed by atoms with Gasteiger partial charge in [-0.25, -0.2) is 4.79 Å². The molecular weight excluding hydrogens is 598 g/mol. The zero-order valence-electron chi connectivity index (χ0n) is 28.4. The van der Waals surface area contributed by atoms with Gasteiger partial charge < -0.3 is 41.5 Å². The van der Waals surface area contributed by atoms with E-state index in [1.54, 1.807) is 27.7 Å². The predicted octanol–water partition coefficient (Wildman–Crippen LogP) is 0.573. The Bertz CT molecular complexity index is 1010. The molecule has 7 N–H and O–H groups in total. The number of amides is 5. The number of hydrogen-bond acceptors (Lipinski definition) is 9. The lowest BCUT2D eigenvalue weighted by atomic mass is 9.99. The number of aliphatic hydroxyl groups is 2. The van der Waals surface area contributed by atoms with E-state index in [9.17, 15) is 39.0 Å². The first kappa shape index (κ1) is 40.8. The zero-order valence-corrected chi connectivity index (χ0v) is 28.4. The second-order valence-electron chi connectivity index (χ2n) is 12.7. The molecule has 6 atom stereocenters. The van der Waals surface area contributed by atoms with Gasteiger partial charge >= 0.3 is 5.97 Å². The van der Waals surface area contributed by atoms with Crippen LogP contribution >= 0.6 is 0 Å². The second kappa shape index (κ2) is 21.5. The number of carbonyl (C=O) groups is 6. The van der Waals surface area contributed by atoms with Crippen LogP contribution in [0.25, 0.3) is 0 Å². The van der Waals surface area contributed by atoms with Crippen LogP contribution in [0.3, 0.4) is 0 Å². The van der Waals surface area contributed by atoms with Crippen LogP contribution in [-0.4, -0.2) is 95.2 Å². The summed E-state index contributed by atoms with van der Waals surface area (Å²) in [6, 6.07) is -6.85. The van der Waals surface area contributed by atoms with Gasteiger partial charge in [-0.2, -0.15) is 0 Å². The number of cyclic esters (lactones) is 1. The molecule has 264 valence electrons. The molecule has 46 heavy (non-hydrogen) atoms. The Morgan fingerprint density at radius 2 is 1.15 bits per heavy atom. The van der Waals surface area contributed by atoms with Gasteiger partial charge in [0.25, 0.3) is 0 Å². The standard InChI is InChI=1S/C32H57N5O9/c1-7-8-9-10-11-12-13-14-15-16-24(40)35-27-21(6)46-32(45)26(20(4)5)37-30(43)25(19(2)3)36-29(42)23(18-39)33-28(41)22(17-38)34-31(27)44/h19-23,25-27,38-39H,7-18H2,1-6H3,(H,33,41)(H,34,44)(H,35,40)(H,36,42)(H,37,43). The lowest BCUT2D eigenvalue weighted by Crippen LogP contribution is -2.63. The summed E-state index contributed by atoms with van der Waals surface area (Å²) in [6.45, 7) is 8.54. The molecule has 0 aromatic carbocycles. The fourth-order valence-corrected chi connectivity index (χ4v) is 5.01. The minimum Gasteiger partial charge on any atom is -0.458 e. The van der Waals surface area contributed by atoms with Gasteiger partial charge in [-0.3, -0.25) is 24.0 Å². The molecule has 0 saturated carbocycles. The number of carbonyl (C=O) groups excluding carboxylic acids is 6. The Kier molecular flexibility index (Phi) is 19.1. The van der Waals surface area contributed by atoms with Gasteiger partial charge in [0.15, 0.2) is 0 Å². The summed E-state index contributed by atoms with van der Waals surface area (Å²) in [4.78, 5) is 78.7. The molecule has 1 heterocycles. The largest absolute Gasteiger partial charge is 0.458 e. The van der Waals surface area contributed by atoms with Gasteiger partial charge in [0.2, 0.25) is 29.5 Å². The number of ether oxygens (including phenoxy) is 1. The first-order valence-corrected chi connectivity index (χ1v) is 16.7. The van der Waals surface area contributed by atoms with Crippen LogP contribution in [0.15, 0.2) is 0 Å². The van der Waals surface area contributed by atoms with E-state index in [-0.39, 0.29) is 6.42 Å². The smallest absolute Gasteiger partial charge is 0.329 e. The fourth-order valence-electron chi connectivity index (χ4n) is 5.01. The average molecular weight is 656 g/mol. The Hall–Kier alpha value is -3.26. The van der Waals surface area contributed by atoms with Crippen molar-refractivity contribution in [1.82, 2.24) is 26.6 Å². The van der Waals surface area contributed by atoms with Crippen LogP contribution in [0.1, 0.15) is 106 Å². The third-order valence-electron chi connectivity index (χ3n) is 7.97. The molecule has 0 spiro atoms. The molecule has 1 aliphatic heterocycles. The topological polar surface area (TPSA) is 212 Å². The molecule has 0 aliphatic carbocycles. The molecule has 1 rings (SSSR count). The molecule has 0 aromatic rings. The van der Waals surface area contributed by atoms with Crippen molar-refractivity contribution in [2.45, 2.75) is 142 Å². The Morgan fingerprint density at radius 1 is 0.696 bits per heavy atom. The maximum atomic E-state index is 13.4. The van der Waals surface area contributed by atoms with Crippen molar-refractivity contribution in [2.75, 3.05) is 13.2 Å². The highest BCUT2D eigenvalue weighted by Crippen LogP contribution is 2.13. The number of nitrogens with one attached hydrogen (secondary N) is 5. The highest BCUT2D eigenvalue weighted by Gasteiger charge is 2.38. The number of rotatable bonds is 15. The number of esters is 1.